The topological polar surface area (TPSA) is 75.9 Å². The fourth-order valence-electron chi connectivity index (χ4n) is 2.76. The number of Topliss-reactive ketones (excluding diaryl/α,β-unsaturated/α-hetero) is 1. The molecule has 6 nitrogen and oxygen atoms in total. The molecular weight excluding hydrogens is 354 g/mol. The van der Waals surface area contributed by atoms with Gasteiger partial charge in [0.15, 0.2) is 5.78 Å². The number of methoxy groups -OCH3 is 1. The summed E-state index contributed by atoms with van der Waals surface area (Å²) in [5.74, 6) is -0.0921. The average Bonchev–Trinajstić information content (AvgIpc) is 2.69. The zero-order valence-electron chi connectivity index (χ0n) is 16.8. The number of ketones is 1. The minimum Gasteiger partial charge on any atom is -0.497 e. The Morgan fingerprint density at radius 2 is 1.57 bits per heavy atom. The molecule has 0 unspecified atom stereocenters. The maximum Gasteiger partial charge on any atom is 0.264 e. The number of carbonyl (C=O) groups is 2. The molecular formula is C22H27N3O3. The van der Waals surface area contributed by atoms with Crippen LogP contribution >= 0.6 is 0 Å². The molecule has 0 aliphatic rings. The van der Waals surface area contributed by atoms with E-state index in [9.17, 15) is 9.59 Å². The third-order valence-corrected chi connectivity index (χ3v) is 4.32. The lowest BCUT2D eigenvalue weighted by Gasteiger charge is -2.26. The van der Waals surface area contributed by atoms with Gasteiger partial charge in [0.05, 0.1) is 12.8 Å². The van der Waals surface area contributed by atoms with Gasteiger partial charge in [-0.1, -0.05) is 30.3 Å². The number of anilines is 1. The van der Waals surface area contributed by atoms with Crippen LogP contribution in [0.4, 0.5) is 5.69 Å². The number of amides is 1. The maximum atomic E-state index is 13.4. The van der Waals surface area contributed by atoms with Crippen LogP contribution in [0.3, 0.4) is 0 Å². The van der Waals surface area contributed by atoms with Crippen LogP contribution in [0, 0.1) is 0 Å². The van der Waals surface area contributed by atoms with Gasteiger partial charge in [-0.3, -0.25) is 9.59 Å². The van der Waals surface area contributed by atoms with E-state index in [4.69, 9.17) is 10.5 Å². The van der Waals surface area contributed by atoms with E-state index in [1.807, 2.05) is 37.2 Å². The van der Waals surface area contributed by atoms with Crippen molar-refractivity contribution in [2.45, 2.75) is 6.92 Å². The van der Waals surface area contributed by atoms with Crippen LogP contribution in [0.2, 0.25) is 0 Å². The molecule has 0 aliphatic carbocycles. The van der Waals surface area contributed by atoms with Crippen molar-refractivity contribution in [1.82, 2.24) is 4.90 Å². The monoisotopic (exact) mass is 381 g/mol. The van der Waals surface area contributed by atoms with E-state index < -0.39 is 5.91 Å². The summed E-state index contributed by atoms with van der Waals surface area (Å²) in [6.45, 7) is 2.41. The molecule has 0 saturated heterocycles. The molecule has 2 rings (SSSR count). The Morgan fingerprint density at radius 1 is 0.964 bits per heavy atom. The van der Waals surface area contributed by atoms with Crippen LogP contribution in [0.25, 0.3) is 5.70 Å². The summed E-state index contributed by atoms with van der Waals surface area (Å²) in [6.07, 6.45) is 0. The predicted molar refractivity (Wildman–Crippen MR) is 112 cm³/mol. The first-order valence-electron chi connectivity index (χ1n) is 9.02. The van der Waals surface area contributed by atoms with Gasteiger partial charge in [0.25, 0.3) is 5.91 Å². The molecule has 6 heteroatoms. The molecule has 28 heavy (non-hydrogen) atoms. The lowest BCUT2D eigenvalue weighted by atomic mass is 10.0. The lowest BCUT2D eigenvalue weighted by molar-refractivity contribution is -0.120. The SMILES string of the molecule is COc1ccc(N(CCN(C)C)C(=O)C(C(C)=O)=C(N)c2ccccc2)cc1. The van der Waals surface area contributed by atoms with E-state index in [0.717, 1.165) is 0 Å². The van der Waals surface area contributed by atoms with Crippen LogP contribution in [0.15, 0.2) is 60.2 Å². The Bertz CT molecular complexity index is 843. The normalized spacial score (nSPS) is 11.8. The third-order valence-electron chi connectivity index (χ3n) is 4.32. The molecule has 0 aliphatic heterocycles. The Morgan fingerprint density at radius 3 is 2.07 bits per heavy atom. The van der Waals surface area contributed by atoms with Crippen molar-refractivity contribution in [2.75, 3.05) is 39.2 Å². The van der Waals surface area contributed by atoms with Gasteiger partial charge in [-0.05, 0) is 50.8 Å². The van der Waals surface area contributed by atoms with Crippen LogP contribution < -0.4 is 15.4 Å². The summed E-state index contributed by atoms with van der Waals surface area (Å²) >= 11 is 0. The molecule has 0 heterocycles. The Balaban J connectivity index is 2.49. The number of nitrogens with two attached hydrogens (primary N) is 1. The van der Waals surface area contributed by atoms with E-state index in [1.54, 1.807) is 48.4 Å². The van der Waals surface area contributed by atoms with E-state index in [1.165, 1.54) is 6.92 Å². The Hall–Kier alpha value is -3.12. The van der Waals surface area contributed by atoms with Gasteiger partial charge in [-0.25, -0.2) is 0 Å². The molecule has 0 radical (unpaired) electrons. The number of rotatable bonds is 8. The second kappa shape index (κ2) is 9.71. The van der Waals surface area contributed by atoms with Gasteiger partial charge in [0.2, 0.25) is 0 Å². The van der Waals surface area contributed by atoms with Crippen LogP contribution in [0.5, 0.6) is 5.75 Å². The molecule has 0 saturated carbocycles. The van der Waals surface area contributed by atoms with Gasteiger partial charge in [0, 0.05) is 18.8 Å². The second-order valence-electron chi connectivity index (χ2n) is 6.67. The summed E-state index contributed by atoms with van der Waals surface area (Å²) in [5, 5.41) is 0. The third kappa shape index (κ3) is 5.20. The van der Waals surface area contributed by atoms with Crippen LogP contribution in [-0.4, -0.2) is 50.9 Å². The lowest BCUT2D eigenvalue weighted by Crippen LogP contribution is -2.39. The van der Waals surface area contributed by atoms with Crippen molar-refractivity contribution >= 4 is 23.1 Å². The highest BCUT2D eigenvalue weighted by molar-refractivity contribution is 6.27. The van der Waals surface area contributed by atoms with Crippen molar-refractivity contribution < 1.29 is 14.3 Å². The molecule has 1 amide bonds. The highest BCUT2D eigenvalue weighted by atomic mass is 16.5. The smallest absolute Gasteiger partial charge is 0.264 e. The van der Waals surface area contributed by atoms with Gasteiger partial charge < -0.3 is 20.3 Å². The summed E-state index contributed by atoms with van der Waals surface area (Å²) in [7, 11) is 5.44. The molecule has 0 atom stereocenters. The predicted octanol–water partition coefficient (Wildman–Crippen LogP) is 2.55. The highest BCUT2D eigenvalue weighted by Gasteiger charge is 2.26. The van der Waals surface area contributed by atoms with Gasteiger partial charge in [0.1, 0.15) is 11.3 Å². The van der Waals surface area contributed by atoms with Crippen molar-refractivity contribution in [3.8, 4) is 5.75 Å². The quantitative estimate of drug-likeness (QED) is 0.432. The molecule has 0 bridgehead atoms. The fourth-order valence-corrected chi connectivity index (χ4v) is 2.76. The molecule has 2 N–H and O–H groups in total. The van der Waals surface area contributed by atoms with Gasteiger partial charge in [-0.2, -0.15) is 0 Å². The van der Waals surface area contributed by atoms with E-state index in [0.29, 0.717) is 30.1 Å². The first-order valence-corrected chi connectivity index (χ1v) is 9.02. The maximum absolute atomic E-state index is 13.4. The standard InChI is InChI=1S/C22H27N3O3/c1-16(26)20(21(23)17-8-6-5-7-9-17)22(27)25(15-14-24(2)3)18-10-12-19(28-4)13-11-18/h5-13H,14-15,23H2,1-4H3. The number of hydrogen-bond acceptors (Lipinski definition) is 5. The summed E-state index contributed by atoms with van der Waals surface area (Å²) in [4.78, 5) is 29.3. The average molecular weight is 381 g/mol. The first-order chi connectivity index (χ1) is 13.3. The minimum atomic E-state index is -0.416. The van der Waals surface area contributed by atoms with E-state index in [2.05, 4.69) is 0 Å². The summed E-state index contributed by atoms with van der Waals surface area (Å²) in [6, 6.07) is 16.2. The van der Waals surface area contributed by atoms with Gasteiger partial charge in [-0.15, -0.1) is 0 Å². The Kier molecular flexibility index (Phi) is 7.35. The van der Waals surface area contributed by atoms with Gasteiger partial charge >= 0.3 is 0 Å². The minimum absolute atomic E-state index is 0.0132. The zero-order valence-corrected chi connectivity index (χ0v) is 16.8. The van der Waals surface area contributed by atoms with Crippen molar-refractivity contribution in [3.05, 3.63) is 65.7 Å². The molecule has 2 aromatic carbocycles. The largest absolute Gasteiger partial charge is 0.497 e. The zero-order chi connectivity index (χ0) is 20.7. The molecule has 0 fully saturated rings. The van der Waals surface area contributed by atoms with Crippen molar-refractivity contribution in [2.24, 2.45) is 5.73 Å². The van der Waals surface area contributed by atoms with Crippen LogP contribution in [-0.2, 0) is 9.59 Å². The number of carbonyl (C=O) groups excluding carboxylic acids is 2. The van der Waals surface area contributed by atoms with Crippen molar-refractivity contribution in [3.63, 3.8) is 0 Å². The summed E-state index contributed by atoms with van der Waals surface area (Å²) < 4.78 is 5.19. The fraction of sp³-hybridized carbons (Fsp3) is 0.273. The molecule has 0 spiro atoms. The van der Waals surface area contributed by atoms with E-state index >= 15 is 0 Å². The Labute approximate surface area is 166 Å². The van der Waals surface area contributed by atoms with Crippen molar-refractivity contribution in [1.29, 1.82) is 0 Å². The number of hydrogen-bond donors (Lipinski definition) is 1. The molecule has 2 aromatic rings. The molecule has 148 valence electrons. The number of ether oxygens (including phenoxy) is 1. The number of nitrogens with zero attached hydrogens (tertiary/aromatic N) is 2. The number of benzene rings is 2. The highest BCUT2D eigenvalue weighted by Crippen LogP contribution is 2.23. The first kappa shape index (κ1) is 21.2. The number of likely N-dealkylation sites (N-methyl/N-ethyl adjacent to an activating group) is 1. The van der Waals surface area contributed by atoms with Crippen LogP contribution in [0.1, 0.15) is 12.5 Å². The molecule has 0 aromatic heterocycles. The second-order valence-corrected chi connectivity index (χ2v) is 6.67. The summed E-state index contributed by atoms with van der Waals surface area (Å²) in [5.41, 5.74) is 7.72. The van der Waals surface area contributed by atoms with E-state index in [-0.39, 0.29) is 17.1 Å².